The van der Waals surface area contributed by atoms with Crippen LogP contribution in [0.3, 0.4) is 0 Å². The van der Waals surface area contributed by atoms with Crippen molar-refractivity contribution in [3.05, 3.63) is 33.1 Å². The van der Waals surface area contributed by atoms with Gasteiger partial charge in [0, 0.05) is 19.0 Å². The number of Topliss-reactive ketones (excluding diaryl/α,β-unsaturated/α-hetero) is 1. The Bertz CT molecular complexity index is 1000. The van der Waals surface area contributed by atoms with Crippen molar-refractivity contribution in [3.63, 3.8) is 0 Å². The summed E-state index contributed by atoms with van der Waals surface area (Å²) in [6, 6.07) is 5.14. The molecule has 0 aliphatic rings. The number of carbonyl (C=O) groups is 1. The number of aliphatic hydroxyl groups is 1. The van der Waals surface area contributed by atoms with E-state index in [9.17, 15) is 9.90 Å². The number of rotatable bonds is 5. The van der Waals surface area contributed by atoms with Gasteiger partial charge in [0.1, 0.15) is 4.83 Å². The quantitative estimate of drug-likeness (QED) is 0.543. The highest BCUT2D eigenvalue weighted by molar-refractivity contribution is 7.21. The predicted molar refractivity (Wildman–Crippen MR) is 107 cm³/mol. The Morgan fingerprint density at radius 2 is 2.08 bits per heavy atom. The van der Waals surface area contributed by atoms with Crippen molar-refractivity contribution in [1.82, 2.24) is 9.97 Å². The molecule has 0 spiro atoms. The van der Waals surface area contributed by atoms with E-state index >= 15 is 0 Å². The summed E-state index contributed by atoms with van der Waals surface area (Å²) in [5, 5.41) is 13.9. The number of nitrogens with zero attached hydrogens (tertiary/aromatic N) is 2. The third-order valence-corrected chi connectivity index (χ3v) is 5.60. The summed E-state index contributed by atoms with van der Waals surface area (Å²) in [6.07, 6.45) is -0.566. The van der Waals surface area contributed by atoms with E-state index in [-0.39, 0.29) is 12.3 Å². The molecule has 0 unspecified atom stereocenters. The summed E-state index contributed by atoms with van der Waals surface area (Å²) in [6.45, 7) is 3.40. The third kappa shape index (κ3) is 3.61. The molecule has 9 heteroatoms. The average molecular weight is 411 g/mol. The molecule has 0 bridgehead atoms. The minimum Gasteiger partial charge on any atom is -0.397 e. The number of benzene rings is 1. The Morgan fingerprint density at radius 3 is 2.69 bits per heavy atom. The number of anilines is 2. The highest BCUT2D eigenvalue weighted by Crippen LogP contribution is 2.40. The summed E-state index contributed by atoms with van der Waals surface area (Å²) in [5.41, 5.74) is 7.80. The monoisotopic (exact) mass is 410 g/mol. The van der Waals surface area contributed by atoms with E-state index in [1.54, 1.807) is 25.1 Å². The number of nitrogens with one attached hydrogen (secondary N) is 1. The summed E-state index contributed by atoms with van der Waals surface area (Å²) in [4.78, 5) is 21.9. The van der Waals surface area contributed by atoms with Gasteiger partial charge in [0.15, 0.2) is 5.78 Å². The molecule has 0 aliphatic heterocycles. The first-order valence-electron chi connectivity index (χ1n) is 7.76. The molecule has 6 nitrogen and oxygen atoms in total. The van der Waals surface area contributed by atoms with Gasteiger partial charge in [-0.2, -0.15) is 0 Å². The maximum atomic E-state index is 11.9. The van der Waals surface area contributed by atoms with E-state index in [1.165, 1.54) is 18.3 Å². The van der Waals surface area contributed by atoms with E-state index in [0.29, 0.717) is 48.0 Å². The first kappa shape index (κ1) is 18.8. The van der Waals surface area contributed by atoms with Crippen LogP contribution in [-0.2, 0) is 0 Å². The zero-order valence-corrected chi connectivity index (χ0v) is 16.3. The second-order valence-corrected chi connectivity index (χ2v) is 7.65. The van der Waals surface area contributed by atoms with E-state index < -0.39 is 6.10 Å². The maximum Gasteiger partial charge on any atom is 0.224 e. The zero-order chi connectivity index (χ0) is 19.0. The van der Waals surface area contributed by atoms with E-state index in [4.69, 9.17) is 28.9 Å². The summed E-state index contributed by atoms with van der Waals surface area (Å²) in [7, 11) is 0. The van der Waals surface area contributed by atoms with Crippen molar-refractivity contribution in [2.24, 2.45) is 0 Å². The van der Waals surface area contributed by atoms with Gasteiger partial charge in [-0.3, -0.25) is 4.79 Å². The number of aliphatic hydroxyl groups excluding tert-OH is 1. The molecule has 0 fully saturated rings. The second kappa shape index (κ2) is 7.36. The van der Waals surface area contributed by atoms with Crippen LogP contribution in [0.25, 0.3) is 21.5 Å². The first-order chi connectivity index (χ1) is 12.3. The number of thiophene rings is 1. The van der Waals surface area contributed by atoms with Crippen molar-refractivity contribution in [3.8, 4) is 11.3 Å². The molecule has 2 aromatic heterocycles. The molecule has 1 aromatic carbocycles. The summed E-state index contributed by atoms with van der Waals surface area (Å²) >= 11 is 13.4. The van der Waals surface area contributed by atoms with Gasteiger partial charge < -0.3 is 16.2 Å². The molecular weight excluding hydrogens is 395 g/mol. The summed E-state index contributed by atoms with van der Waals surface area (Å²) in [5.74, 6) is 0.194. The number of fused-ring (bicyclic) bond motifs is 1. The van der Waals surface area contributed by atoms with Crippen LogP contribution in [0.15, 0.2) is 18.2 Å². The highest BCUT2D eigenvalue weighted by atomic mass is 35.5. The lowest BCUT2D eigenvalue weighted by Crippen LogP contribution is -2.17. The molecule has 3 aromatic rings. The topological polar surface area (TPSA) is 101 Å². The van der Waals surface area contributed by atoms with E-state index in [2.05, 4.69) is 15.3 Å². The van der Waals surface area contributed by atoms with Gasteiger partial charge in [-0.05, 0) is 19.1 Å². The Morgan fingerprint density at radius 1 is 1.35 bits per heavy atom. The zero-order valence-electron chi connectivity index (χ0n) is 14.0. The molecule has 0 aliphatic carbocycles. The van der Waals surface area contributed by atoms with Gasteiger partial charge in [-0.1, -0.05) is 29.3 Å². The Hall–Kier alpha value is -1.93. The fourth-order valence-electron chi connectivity index (χ4n) is 2.45. The van der Waals surface area contributed by atoms with Crippen LogP contribution in [0.2, 0.25) is 10.0 Å². The largest absolute Gasteiger partial charge is 0.397 e. The van der Waals surface area contributed by atoms with Gasteiger partial charge in [-0.25, -0.2) is 9.97 Å². The lowest BCUT2D eigenvalue weighted by Gasteiger charge is -2.10. The lowest BCUT2D eigenvalue weighted by atomic mass is 10.1. The fourth-order valence-corrected chi connectivity index (χ4v) is 3.74. The number of carbonyl (C=O) groups excluding carboxylic acids is 1. The van der Waals surface area contributed by atoms with Crippen molar-refractivity contribution < 1.29 is 9.90 Å². The molecule has 0 amide bonds. The average Bonchev–Trinajstić information content (AvgIpc) is 2.92. The molecular formula is C17H16Cl2N4O2S. The molecule has 3 rings (SSSR count). The van der Waals surface area contributed by atoms with Crippen molar-refractivity contribution in [1.29, 1.82) is 0 Å². The molecule has 1 atom stereocenters. The van der Waals surface area contributed by atoms with E-state index in [0.717, 1.165) is 0 Å². The molecule has 2 heterocycles. The number of nitrogens with two attached hydrogens (primary N) is 1. The van der Waals surface area contributed by atoms with Gasteiger partial charge in [0.25, 0.3) is 0 Å². The van der Waals surface area contributed by atoms with Gasteiger partial charge in [-0.15, -0.1) is 11.3 Å². The van der Waals surface area contributed by atoms with Gasteiger partial charge in [0.2, 0.25) is 5.95 Å². The Balaban J connectivity index is 2.25. The number of aromatic nitrogens is 2. The van der Waals surface area contributed by atoms with E-state index in [1.807, 2.05) is 0 Å². The number of hydrogen-bond acceptors (Lipinski definition) is 7. The SMILES string of the molecule is CC(=O)c1sc2nc(NC[C@@H](C)O)nc(-c3ccc(Cl)c(Cl)c3)c2c1N. The van der Waals surface area contributed by atoms with Gasteiger partial charge in [0.05, 0.1) is 37.8 Å². The minimum atomic E-state index is -0.566. The van der Waals surface area contributed by atoms with Crippen LogP contribution in [0, 0.1) is 0 Å². The fraction of sp³-hybridized carbons (Fsp3) is 0.235. The third-order valence-electron chi connectivity index (χ3n) is 3.66. The van der Waals surface area contributed by atoms with Crippen LogP contribution in [0.4, 0.5) is 11.6 Å². The first-order valence-corrected chi connectivity index (χ1v) is 9.33. The number of nitrogen functional groups attached to an aromatic ring is 1. The highest BCUT2D eigenvalue weighted by Gasteiger charge is 2.21. The van der Waals surface area contributed by atoms with Crippen molar-refractivity contribution in [2.75, 3.05) is 17.6 Å². The molecule has 136 valence electrons. The Kier molecular flexibility index (Phi) is 5.34. The molecule has 26 heavy (non-hydrogen) atoms. The smallest absolute Gasteiger partial charge is 0.224 e. The lowest BCUT2D eigenvalue weighted by molar-refractivity contribution is 0.102. The summed E-state index contributed by atoms with van der Waals surface area (Å²) < 4.78 is 0. The van der Waals surface area contributed by atoms with Crippen LogP contribution in [0.5, 0.6) is 0 Å². The van der Waals surface area contributed by atoms with Gasteiger partial charge >= 0.3 is 0 Å². The van der Waals surface area contributed by atoms with Crippen LogP contribution in [0.1, 0.15) is 23.5 Å². The molecule has 0 saturated carbocycles. The van der Waals surface area contributed by atoms with Crippen LogP contribution < -0.4 is 11.1 Å². The predicted octanol–water partition coefficient (Wildman–Crippen LogP) is 4.24. The number of hydrogen-bond donors (Lipinski definition) is 3. The van der Waals surface area contributed by atoms with Crippen molar-refractivity contribution in [2.45, 2.75) is 20.0 Å². The standard InChI is InChI=1S/C17H16Cl2N4O2S/c1-7(24)6-21-17-22-14(9-3-4-10(18)11(19)5-9)12-13(20)15(8(2)25)26-16(12)23-17/h3-5,7,24H,6,20H2,1-2H3,(H,21,22,23)/t7-/m1/s1. The number of ketones is 1. The normalized spacial score (nSPS) is 12.3. The molecule has 0 saturated heterocycles. The molecule has 4 N–H and O–H groups in total. The maximum absolute atomic E-state index is 11.9. The number of halogens is 2. The minimum absolute atomic E-state index is 0.135. The Labute approximate surface area is 164 Å². The second-order valence-electron chi connectivity index (χ2n) is 5.84. The molecule has 0 radical (unpaired) electrons. The van der Waals surface area contributed by atoms with Crippen LogP contribution >= 0.6 is 34.5 Å². The van der Waals surface area contributed by atoms with Crippen LogP contribution in [-0.4, -0.2) is 33.5 Å². The van der Waals surface area contributed by atoms with Crippen molar-refractivity contribution >= 4 is 62.2 Å².